The Morgan fingerprint density at radius 2 is 2.26 bits per heavy atom. The van der Waals surface area contributed by atoms with E-state index in [0.29, 0.717) is 13.2 Å². The summed E-state index contributed by atoms with van der Waals surface area (Å²) in [6.45, 7) is 2.49. The van der Waals surface area contributed by atoms with Crippen molar-refractivity contribution in [2.45, 2.75) is 18.4 Å². The number of carbonyl (C=O) groups is 1. The van der Waals surface area contributed by atoms with Crippen LogP contribution in [0.15, 0.2) is 17.3 Å². The summed E-state index contributed by atoms with van der Waals surface area (Å²) in [5.41, 5.74) is 0. The Hall–Kier alpha value is -1.45. The van der Waals surface area contributed by atoms with Crippen LogP contribution in [0.25, 0.3) is 0 Å². The summed E-state index contributed by atoms with van der Waals surface area (Å²) in [6, 6.07) is 0. The van der Waals surface area contributed by atoms with E-state index in [1.54, 1.807) is 0 Å². The van der Waals surface area contributed by atoms with Gasteiger partial charge in [-0.1, -0.05) is 0 Å². The largest absolute Gasteiger partial charge is 0.480 e. The van der Waals surface area contributed by atoms with Crippen LogP contribution in [0.4, 0.5) is 0 Å². The third-order valence-electron chi connectivity index (χ3n) is 2.37. The number of hydrogen-bond acceptors (Lipinski definition) is 5. The van der Waals surface area contributed by atoms with Crippen molar-refractivity contribution in [3.63, 3.8) is 0 Å². The first-order valence-corrected chi connectivity index (χ1v) is 7.10. The molecular formula is C10H17N3O5S. The molecule has 8 nitrogen and oxygen atoms in total. The summed E-state index contributed by atoms with van der Waals surface area (Å²) in [6.07, 6.45) is 2.33. The molecule has 0 bridgehead atoms. The number of carboxylic acid groups (broad SMARTS) is 1. The van der Waals surface area contributed by atoms with Crippen molar-refractivity contribution >= 4 is 16.0 Å². The quantitative estimate of drug-likeness (QED) is 0.655. The Bertz CT molecular complexity index is 525. The molecule has 0 unspecified atom stereocenters. The van der Waals surface area contributed by atoms with Crippen LogP contribution in [0.5, 0.6) is 0 Å². The van der Waals surface area contributed by atoms with Gasteiger partial charge in [-0.2, -0.15) is 9.40 Å². The lowest BCUT2D eigenvalue weighted by Crippen LogP contribution is -2.30. The minimum absolute atomic E-state index is 0.0345. The number of hydrogen-bond donors (Lipinski definition) is 1. The fourth-order valence-electron chi connectivity index (χ4n) is 1.34. The van der Waals surface area contributed by atoms with E-state index in [4.69, 9.17) is 9.84 Å². The Balaban J connectivity index is 2.76. The number of ether oxygens (including phenoxy) is 1. The van der Waals surface area contributed by atoms with Gasteiger partial charge in [0, 0.05) is 26.4 Å². The second-order valence-electron chi connectivity index (χ2n) is 3.79. The number of likely N-dealkylation sites (N-methyl/N-ethyl adjacent to an activating group) is 1. The fourth-order valence-corrected chi connectivity index (χ4v) is 2.45. The monoisotopic (exact) mass is 291 g/mol. The van der Waals surface area contributed by atoms with E-state index in [2.05, 4.69) is 5.10 Å². The summed E-state index contributed by atoms with van der Waals surface area (Å²) in [7, 11) is -2.22. The van der Waals surface area contributed by atoms with E-state index in [9.17, 15) is 13.2 Å². The predicted molar refractivity (Wildman–Crippen MR) is 66.2 cm³/mol. The molecule has 0 aliphatic rings. The van der Waals surface area contributed by atoms with Gasteiger partial charge in [0.05, 0.1) is 12.8 Å². The normalized spacial score (nSPS) is 11.9. The maximum absolute atomic E-state index is 12.1. The van der Waals surface area contributed by atoms with E-state index in [1.807, 2.05) is 6.92 Å². The zero-order chi connectivity index (χ0) is 14.5. The standard InChI is InChI=1S/C10H17N3O5S/c1-3-18-5-4-12(2)19(16,17)9-6-11-13(7-9)8-10(14)15/h6-7H,3-5,8H2,1-2H3,(H,14,15). The van der Waals surface area contributed by atoms with Crippen molar-refractivity contribution in [3.8, 4) is 0 Å². The van der Waals surface area contributed by atoms with E-state index in [0.717, 1.165) is 15.2 Å². The van der Waals surface area contributed by atoms with Crippen LogP contribution in [0.2, 0.25) is 0 Å². The number of rotatable bonds is 8. The lowest BCUT2D eigenvalue weighted by Gasteiger charge is -2.15. The van der Waals surface area contributed by atoms with Crippen LogP contribution in [0.1, 0.15) is 6.92 Å². The molecule has 0 saturated heterocycles. The summed E-state index contributed by atoms with van der Waals surface area (Å²) >= 11 is 0. The molecule has 108 valence electrons. The van der Waals surface area contributed by atoms with Gasteiger partial charge in [0.2, 0.25) is 10.0 Å². The van der Waals surface area contributed by atoms with Gasteiger partial charge in [0.15, 0.2) is 0 Å². The molecule has 0 amide bonds. The van der Waals surface area contributed by atoms with Gasteiger partial charge in [-0.15, -0.1) is 0 Å². The van der Waals surface area contributed by atoms with Crippen LogP contribution in [-0.4, -0.2) is 60.4 Å². The maximum Gasteiger partial charge on any atom is 0.325 e. The van der Waals surface area contributed by atoms with Crippen molar-refractivity contribution < 1.29 is 23.1 Å². The molecule has 1 N–H and O–H groups in total. The highest BCUT2D eigenvalue weighted by atomic mass is 32.2. The second-order valence-corrected chi connectivity index (χ2v) is 5.84. The first-order chi connectivity index (χ1) is 8.87. The van der Waals surface area contributed by atoms with Gasteiger partial charge < -0.3 is 9.84 Å². The Morgan fingerprint density at radius 3 is 2.84 bits per heavy atom. The Morgan fingerprint density at radius 1 is 1.58 bits per heavy atom. The summed E-state index contributed by atoms with van der Waals surface area (Å²) < 4.78 is 31.5. The lowest BCUT2D eigenvalue weighted by atomic mass is 10.6. The van der Waals surface area contributed by atoms with E-state index in [-0.39, 0.29) is 18.0 Å². The number of sulfonamides is 1. The molecule has 0 fully saturated rings. The minimum atomic E-state index is -3.66. The zero-order valence-electron chi connectivity index (χ0n) is 10.8. The van der Waals surface area contributed by atoms with Gasteiger partial charge in [-0.25, -0.2) is 8.42 Å². The number of aromatic nitrogens is 2. The summed E-state index contributed by atoms with van der Waals surface area (Å²) in [5.74, 6) is -1.09. The minimum Gasteiger partial charge on any atom is -0.480 e. The maximum atomic E-state index is 12.1. The fraction of sp³-hybridized carbons (Fsp3) is 0.600. The molecule has 9 heteroatoms. The van der Waals surface area contributed by atoms with Crippen LogP contribution < -0.4 is 0 Å². The van der Waals surface area contributed by atoms with Crippen LogP contribution in [-0.2, 0) is 26.1 Å². The van der Waals surface area contributed by atoms with E-state index < -0.39 is 16.0 Å². The Labute approximate surface area is 111 Å². The van der Waals surface area contributed by atoms with E-state index >= 15 is 0 Å². The molecule has 19 heavy (non-hydrogen) atoms. The van der Waals surface area contributed by atoms with Gasteiger partial charge in [-0.05, 0) is 6.92 Å². The molecule has 0 saturated carbocycles. The average Bonchev–Trinajstić information content (AvgIpc) is 2.77. The summed E-state index contributed by atoms with van der Waals surface area (Å²) in [5, 5.41) is 12.3. The number of carboxylic acids is 1. The topological polar surface area (TPSA) is 102 Å². The molecule has 1 aromatic heterocycles. The zero-order valence-corrected chi connectivity index (χ0v) is 11.6. The van der Waals surface area contributed by atoms with Gasteiger partial charge in [-0.3, -0.25) is 9.48 Å². The number of aliphatic carboxylic acids is 1. The van der Waals surface area contributed by atoms with Crippen LogP contribution in [0.3, 0.4) is 0 Å². The molecule has 0 aliphatic carbocycles. The molecular weight excluding hydrogens is 274 g/mol. The van der Waals surface area contributed by atoms with Crippen molar-refractivity contribution in [1.82, 2.24) is 14.1 Å². The predicted octanol–water partition coefficient (Wildman–Crippen LogP) is -0.375. The molecule has 1 rings (SSSR count). The highest BCUT2D eigenvalue weighted by molar-refractivity contribution is 7.89. The third kappa shape index (κ3) is 4.30. The van der Waals surface area contributed by atoms with Crippen LogP contribution in [0, 0.1) is 0 Å². The van der Waals surface area contributed by atoms with Crippen molar-refractivity contribution in [1.29, 1.82) is 0 Å². The van der Waals surface area contributed by atoms with Crippen molar-refractivity contribution in [2.75, 3.05) is 26.8 Å². The molecule has 1 heterocycles. The smallest absolute Gasteiger partial charge is 0.325 e. The highest BCUT2D eigenvalue weighted by Crippen LogP contribution is 2.12. The molecule has 0 aliphatic heterocycles. The van der Waals surface area contributed by atoms with E-state index in [1.165, 1.54) is 13.2 Å². The van der Waals surface area contributed by atoms with Crippen LogP contribution >= 0.6 is 0 Å². The second kappa shape index (κ2) is 6.64. The molecule has 0 atom stereocenters. The first-order valence-electron chi connectivity index (χ1n) is 5.66. The van der Waals surface area contributed by atoms with Gasteiger partial charge in [0.25, 0.3) is 0 Å². The van der Waals surface area contributed by atoms with Crippen molar-refractivity contribution in [2.24, 2.45) is 0 Å². The van der Waals surface area contributed by atoms with Gasteiger partial charge >= 0.3 is 5.97 Å². The average molecular weight is 291 g/mol. The summed E-state index contributed by atoms with van der Waals surface area (Å²) in [4.78, 5) is 10.5. The first kappa shape index (κ1) is 15.6. The molecule has 0 aromatic carbocycles. The van der Waals surface area contributed by atoms with Crippen molar-refractivity contribution in [3.05, 3.63) is 12.4 Å². The van der Waals surface area contributed by atoms with Gasteiger partial charge in [0.1, 0.15) is 11.4 Å². The number of nitrogens with zero attached hydrogens (tertiary/aromatic N) is 3. The SMILES string of the molecule is CCOCCN(C)S(=O)(=O)c1cnn(CC(=O)O)c1. The molecule has 0 radical (unpaired) electrons. The molecule has 1 aromatic rings. The third-order valence-corrected chi connectivity index (χ3v) is 4.18. The molecule has 0 spiro atoms. The highest BCUT2D eigenvalue weighted by Gasteiger charge is 2.22. The Kier molecular flexibility index (Phi) is 5.45. The lowest BCUT2D eigenvalue weighted by molar-refractivity contribution is -0.137.